The SMILES string of the molecule is CN(C(=O)Cn1c(=N)n(C)c2ccccc21)c1ccccc1. The summed E-state index contributed by atoms with van der Waals surface area (Å²) in [6.45, 7) is 0.144. The molecule has 22 heavy (non-hydrogen) atoms. The number of aryl methyl sites for hydroxylation is 1. The molecule has 0 atom stereocenters. The second kappa shape index (κ2) is 5.52. The largest absolute Gasteiger partial charge is 0.314 e. The van der Waals surface area contributed by atoms with Crippen molar-refractivity contribution < 1.29 is 4.79 Å². The summed E-state index contributed by atoms with van der Waals surface area (Å²) in [6.07, 6.45) is 0. The van der Waals surface area contributed by atoms with Gasteiger partial charge in [-0.25, -0.2) is 0 Å². The van der Waals surface area contributed by atoms with Crippen LogP contribution in [0.3, 0.4) is 0 Å². The Morgan fingerprint density at radius 2 is 1.64 bits per heavy atom. The Balaban J connectivity index is 1.95. The van der Waals surface area contributed by atoms with E-state index in [0.29, 0.717) is 5.62 Å². The number of hydrogen-bond donors (Lipinski definition) is 1. The number of rotatable bonds is 3. The van der Waals surface area contributed by atoms with Gasteiger partial charge in [-0.05, 0) is 24.3 Å². The van der Waals surface area contributed by atoms with Gasteiger partial charge in [0.15, 0.2) is 0 Å². The van der Waals surface area contributed by atoms with E-state index in [-0.39, 0.29) is 12.5 Å². The van der Waals surface area contributed by atoms with Gasteiger partial charge in [-0.3, -0.25) is 10.2 Å². The highest BCUT2D eigenvalue weighted by molar-refractivity contribution is 5.93. The highest BCUT2D eigenvalue weighted by atomic mass is 16.2. The first-order chi connectivity index (χ1) is 10.6. The van der Waals surface area contributed by atoms with Crippen LogP contribution in [-0.2, 0) is 18.4 Å². The van der Waals surface area contributed by atoms with Crippen molar-refractivity contribution in [2.45, 2.75) is 6.54 Å². The fourth-order valence-corrected chi connectivity index (χ4v) is 2.58. The van der Waals surface area contributed by atoms with Crippen LogP contribution in [0.25, 0.3) is 11.0 Å². The first-order valence-corrected chi connectivity index (χ1v) is 7.10. The standard InChI is InChI=1S/C17H18N4O/c1-19(13-8-4-3-5-9-13)16(22)12-21-15-11-7-6-10-14(15)20(2)17(21)18/h3-11,18H,12H2,1-2H3. The topological polar surface area (TPSA) is 54.0 Å². The second-order valence-corrected chi connectivity index (χ2v) is 5.25. The van der Waals surface area contributed by atoms with Crippen LogP contribution >= 0.6 is 0 Å². The Hall–Kier alpha value is -2.82. The zero-order chi connectivity index (χ0) is 15.7. The molecule has 112 valence electrons. The number of amides is 1. The zero-order valence-corrected chi connectivity index (χ0v) is 12.7. The molecule has 2 aromatic carbocycles. The van der Waals surface area contributed by atoms with E-state index in [2.05, 4.69) is 0 Å². The number of hydrogen-bond acceptors (Lipinski definition) is 2. The molecule has 0 aliphatic rings. The van der Waals surface area contributed by atoms with Crippen molar-refractivity contribution in [3.05, 3.63) is 60.2 Å². The molecule has 0 spiro atoms. The molecule has 3 aromatic rings. The molecule has 0 radical (unpaired) electrons. The van der Waals surface area contributed by atoms with Crippen molar-refractivity contribution in [3.8, 4) is 0 Å². The zero-order valence-electron chi connectivity index (χ0n) is 12.7. The van der Waals surface area contributed by atoms with Gasteiger partial charge in [-0.15, -0.1) is 0 Å². The summed E-state index contributed by atoms with van der Waals surface area (Å²) in [5.41, 5.74) is 3.00. The van der Waals surface area contributed by atoms with Gasteiger partial charge >= 0.3 is 0 Å². The second-order valence-electron chi connectivity index (χ2n) is 5.25. The van der Waals surface area contributed by atoms with Gasteiger partial charge in [0.05, 0.1) is 11.0 Å². The number of imidazole rings is 1. The molecule has 0 aliphatic heterocycles. The Labute approximate surface area is 128 Å². The predicted octanol–water partition coefficient (Wildman–Crippen LogP) is 2.12. The van der Waals surface area contributed by atoms with E-state index in [1.807, 2.05) is 61.6 Å². The minimum absolute atomic E-state index is 0.0546. The number of para-hydroxylation sites is 3. The fourth-order valence-electron chi connectivity index (χ4n) is 2.58. The number of carbonyl (C=O) groups is 1. The van der Waals surface area contributed by atoms with Crippen molar-refractivity contribution in [3.63, 3.8) is 0 Å². The first-order valence-electron chi connectivity index (χ1n) is 7.10. The summed E-state index contributed by atoms with van der Waals surface area (Å²) < 4.78 is 3.52. The molecule has 0 saturated heterocycles. The van der Waals surface area contributed by atoms with Crippen LogP contribution in [0.5, 0.6) is 0 Å². The van der Waals surface area contributed by atoms with Gasteiger partial charge in [0.2, 0.25) is 11.5 Å². The van der Waals surface area contributed by atoms with Gasteiger partial charge in [0.25, 0.3) is 0 Å². The molecule has 1 aromatic heterocycles. The van der Waals surface area contributed by atoms with E-state index < -0.39 is 0 Å². The number of nitrogens with one attached hydrogen (secondary N) is 1. The van der Waals surface area contributed by atoms with Crippen molar-refractivity contribution in [2.75, 3.05) is 11.9 Å². The minimum Gasteiger partial charge on any atom is -0.314 e. The highest BCUT2D eigenvalue weighted by Crippen LogP contribution is 2.14. The van der Waals surface area contributed by atoms with E-state index in [4.69, 9.17) is 5.41 Å². The van der Waals surface area contributed by atoms with Gasteiger partial charge in [-0.2, -0.15) is 0 Å². The maximum atomic E-state index is 12.5. The number of fused-ring (bicyclic) bond motifs is 1. The lowest BCUT2D eigenvalue weighted by molar-refractivity contribution is -0.118. The van der Waals surface area contributed by atoms with E-state index in [1.165, 1.54) is 0 Å². The van der Waals surface area contributed by atoms with E-state index in [9.17, 15) is 4.79 Å². The Morgan fingerprint density at radius 3 is 2.32 bits per heavy atom. The molecule has 0 fully saturated rings. The Morgan fingerprint density at radius 1 is 1.05 bits per heavy atom. The summed E-state index contributed by atoms with van der Waals surface area (Å²) in [7, 11) is 3.60. The van der Waals surface area contributed by atoms with Crippen LogP contribution in [0.1, 0.15) is 0 Å². The number of anilines is 1. The molecule has 3 rings (SSSR count). The van der Waals surface area contributed by atoms with Gasteiger partial charge in [-0.1, -0.05) is 30.3 Å². The normalized spacial score (nSPS) is 10.8. The van der Waals surface area contributed by atoms with Gasteiger partial charge < -0.3 is 14.0 Å². The lowest BCUT2D eigenvalue weighted by Gasteiger charge is -2.17. The van der Waals surface area contributed by atoms with E-state index in [0.717, 1.165) is 16.7 Å². The smallest absolute Gasteiger partial charge is 0.246 e. The lowest BCUT2D eigenvalue weighted by atomic mass is 10.3. The number of benzene rings is 2. The molecule has 1 amide bonds. The summed E-state index contributed by atoms with van der Waals surface area (Å²) in [6, 6.07) is 17.3. The molecule has 0 saturated carbocycles. The predicted molar refractivity (Wildman–Crippen MR) is 86.6 cm³/mol. The molecule has 0 bridgehead atoms. The van der Waals surface area contributed by atoms with Crippen molar-refractivity contribution in [2.24, 2.45) is 7.05 Å². The summed E-state index contributed by atoms with van der Waals surface area (Å²) in [5.74, 6) is -0.0546. The Kier molecular flexibility index (Phi) is 3.55. The third-order valence-electron chi connectivity index (χ3n) is 3.92. The average molecular weight is 294 g/mol. The van der Waals surface area contributed by atoms with Crippen LogP contribution in [0.2, 0.25) is 0 Å². The highest BCUT2D eigenvalue weighted by Gasteiger charge is 2.15. The molecule has 0 aliphatic carbocycles. The van der Waals surface area contributed by atoms with Crippen LogP contribution in [0.4, 0.5) is 5.69 Å². The molecular weight excluding hydrogens is 276 g/mol. The van der Waals surface area contributed by atoms with E-state index in [1.54, 1.807) is 21.1 Å². The maximum absolute atomic E-state index is 12.5. The third-order valence-corrected chi connectivity index (χ3v) is 3.92. The Bertz CT molecular complexity index is 877. The lowest BCUT2D eigenvalue weighted by Crippen LogP contribution is -2.34. The quantitative estimate of drug-likeness (QED) is 0.790. The number of nitrogens with zero attached hydrogens (tertiary/aromatic N) is 3. The van der Waals surface area contributed by atoms with Crippen molar-refractivity contribution in [1.29, 1.82) is 5.41 Å². The van der Waals surface area contributed by atoms with Crippen LogP contribution < -0.4 is 10.5 Å². The summed E-state index contributed by atoms with van der Waals surface area (Å²) >= 11 is 0. The first kappa shape index (κ1) is 14.1. The summed E-state index contributed by atoms with van der Waals surface area (Å²) in [4.78, 5) is 14.1. The number of aromatic nitrogens is 2. The van der Waals surface area contributed by atoms with Crippen molar-refractivity contribution >= 4 is 22.6 Å². The number of carbonyl (C=O) groups excluding carboxylic acids is 1. The molecular formula is C17H18N4O. The minimum atomic E-state index is -0.0546. The average Bonchev–Trinajstić information content (AvgIpc) is 2.80. The van der Waals surface area contributed by atoms with Crippen molar-refractivity contribution in [1.82, 2.24) is 9.13 Å². The maximum Gasteiger partial charge on any atom is 0.246 e. The monoisotopic (exact) mass is 294 g/mol. The van der Waals surface area contributed by atoms with Gasteiger partial charge in [0, 0.05) is 19.8 Å². The van der Waals surface area contributed by atoms with Gasteiger partial charge in [0.1, 0.15) is 6.54 Å². The van der Waals surface area contributed by atoms with Crippen LogP contribution in [0, 0.1) is 5.41 Å². The number of likely N-dealkylation sites (N-methyl/N-ethyl adjacent to an activating group) is 1. The molecule has 5 nitrogen and oxygen atoms in total. The van der Waals surface area contributed by atoms with Crippen LogP contribution in [0.15, 0.2) is 54.6 Å². The third kappa shape index (κ3) is 2.30. The summed E-state index contributed by atoms with van der Waals surface area (Å²) in [5, 5.41) is 8.22. The van der Waals surface area contributed by atoms with E-state index >= 15 is 0 Å². The molecule has 1 N–H and O–H groups in total. The fraction of sp³-hybridized carbons (Fsp3) is 0.176. The molecule has 1 heterocycles. The van der Waals surface area contributed by atoms with Crippen LogP contribution in [-0.4, -0.2) is 22.1 Å². The molecule has 0 unspecified atom stereocenters. The molecule has 5 heteroatoms.